The fourth-order valence-corrected chi connectivity index (χ4v) is 7.67. The highest BCUT2D eigenvalue weighted by molar-refractivity contribution is 7.92. The summed E-state index contributed by atoms with van der Waals surface area (Å²) in [5.74, 6) is -1.18. The van der Waals surface area contributed by atoms with Gasteiger partial charge in [0.15, 0.2) is 0 Å². The first-order valence-electron chi connectivity index (χ1n) is 12.0. The van der Waals surface area contributed by atoms with Gasteiger partial charge in [-0.05, 0) is 60.7 Å². The van der Waals surface area contributed by atoms with Crippen molar-refractivity contribution in [2.75, 3.05) is 29.8 Å². The SMILES string of the molecule is COC(=O)N1CCc2c(sc(NC(=O)c3ccc(S(=O)(=O)N4CCCc5ccccc54)cc3)c2C(N)=O)C1. The number of hydrogen-bond acceptors (Lipinski definition) is 7. The lowest BCUT2D eigenvalue weighted by Crippen LogP contribution is -2.35. The minimum absolute atomic E-state index is 0.0815. The fourth-order valence-electron chi connectivity index (χ4n) is 4.87. The van der Waals surface area contributed by atoms with Crippen LogP contribution in [0.3, 0.4) is 0 Å². The number of anilines is 2. The fraction of sp³-hybridized carbons (Fsp3) is 0.269. The molecule has 10 nitrogen and oxygen atoms in total. The van der Waals surface area contributed by atoms with Crippen molar-refractivity contribution in [3.05, 3.63) is 75.7 Å². The Morgan fingerprint density at radius 2 is 1.76 bits per heavy atom. The van der Waals surface area contributed by atoms with Gasteiger partial charge in [0.05, 0.1) is 29.8 Å². The van der Waals surface area contributed by atoms with E-state index >= 15 is 0 Å². The van der Waals surface area contributed by atoms with Gasteiger partial charge < -0.3 is 20.7 Å². The van der Waals surface area contributed by atoms with Crippen LogP contribution in [0, 0.1) is 0 Å². The van der Waals surface area contributed by atoms with Crippen LogP contribution in [0.2, 0.25) is 0 Å². The Hall–Kier alpha value is -3.90. The largest absolute Gasteiger partial charge is 0.453 e. The van der Waals surface area contributed by atoms with Gasteiger partial charge in [0.1, 0.15) is 5.00 Å². The topological polar surface area (TPSA) is 139 Å². The minimum atomic E-state index is -3.81. The number of nitrogens with one attached hydrogen (secondary N) is 1. The number of amides is 3. The summed E-state index contributed by atoms with van der Waals surface area (Å²) in [4.78, 5) is 39.5. The maximum Gasteiger partial charge on any atom is 0.409 e. The van der Waals surface area contributed by atoms with Gasteiger partial charge in [-0.3, -0.25) is 13.9 Å². The summed E-state index contributed by atoms with van der Waals surface area (Å²) in [6, 6.07) is 13.1. The smallest absolute Gasteiger partial charge is 0.409 e. The second kappa shape index (κ2) is 10.1. The number of thiophene rings is 1. The zero-order valence-electron chi connectivity index (χ0n) is 20.6. The lowest BCUT2D eigenvalue weighted by atomic mass is 10.0. The van der Waals surface area contributed by atoms with E-state index in [1.54, 1.807) is 6.07 Å². The molecule has 0 bridgehead atoms. The number of ether oxygens (including phenoxy) is 1. The van der Waals surface area contributed by atoms with E-state index in [1.165, 1.54) is 51.9 Å². The summed E-state index contributed by atoms with van der Waals surface area (Å²) in [7, 11) is -2.51. The van der Waals surface area contributed by atoms with Crippen LogP contribution in [-0.2, 0) is 34.1 Å². The lowest BCUT2D eigenvalue weighted by Gasteiger charge is -2.30. The Morgan fingerprint density at radius 3 is 2.47 bits per heavy atom. The van der Waals surface area contributed by atoms with Crippen molar-refractivity contribution in [1.82, 2.24) is 4.90 Å². The second-order valence-electron chi connectivity index (χ2n) is 9.00. The normalized spacial score (nSPS) is 14.9. The number of carbonyl (C=O) groups excluding carboxylic acids is 3. The first kappa shape index (κ1) is 25.7. The van der Waals surface area contributed by atoms with Crippen LogP contribution >= 0.6 is 11.3 Å². The van der Waals surface area contributed by atoms with E-state index < -0.39 is 27.9 Å². The Balaban J connectivity index is 1.37. The molecule has 0 aliphatic carbocycles. The van der Waals surface area contributed by atoms with E-state index in [-0.39, 0.29) is 22.6 Å². The average Bonchev–Trinajstić information content (AvgIpc) is 3.29. The molecule has 0 spiro atoms. The molecule has 2 aliphatic rings. The van der Waals surface area contributed by atoms with Crippen molar-refractivity contribution in [2.45, 2.75) is 30.7 Å². The number of rotatable bonds is 5. The van der Waals surface area contributed by atoms with Crippen molar-refractivity contribution >= 4 is 50.0 Å². The lowest BCUT2D eigenvalue weighted by molar-refractivity contribution is 0.0999. The molecular weight excluding hydrogens is 528 g/mol. The van der Waals surface area contributed by atoms with Gasteiger partial charge in [-0.25, -0.2) is 13.2 Å². The Morgan fingerprint density at radius 1 is 1.03 bits per heavy atom. The summed E-state index contributed by atoms with van der Waals surface area (Å²) in [6.07, 6.45) is 1.47. The van der Waals surface area contributed by atoms with Crippen molar-refractivity contribution in [3.63, 3.8) is 0 Å². The third kappa shape index (κ3) is 4.61. The second-order valence-corrected chi connectivity index (χ2v) is 12.0. The summed E-state index contributed by atoms with van der Waals surface area (Å²) in [5, 5.41) is 3.03. The molecule has 0 radical (unpaired) electrons. The predicted molar refractivity (Wildman–Crippen MR) is 143 cm³/mol. The number of para-hydroxylation sites is 1. The summed E-state index contributed by atoms with van der Waals surface area (Å²) >= 11 is 1.18. The first-order chi connectivity index (χ1) is 18.2. The number of hydrogen-bond donors (Lipinski definition) is 2. The number of primary amides is 1. The molecule has 3 N–H and O–H groups in total. The molecule has 3 aromatic rings. The maximum absolute atomic E-state index is 13.4. The highest BCUT2D eigenvalue weighted by Crippen LogP contribution is 2.37. The van der Waals surface area contributed by atoms with Crippen LogP contribution in [0.25, 0.3) is 0 Å². The number of aryl methyl sites for hydroxylation is 1. The molecule has 198 valence electrons. The van der Waals surface area contributed by atoms with Crippen LogP contribution in [0.1, 0.15) is 43.1 Å². The van der Waals surface area contributed by atoms with Gasteiger partial charge in [-0.2, -0.15) is 0 Å². The standard InChI is InChI=1S/C26H26N4O6S2/c1-36-26(33)29-14-12-19-21(15-29)37-25(22(19)23(27)31)28-24(32)17-8-10-18(11-9-17)38(34,35)30-13-4-6-16-5-2-3-7-20(16)30/h2-3,5,7-11H,4,6,12-15H2,1H3,(H2,27,31)(H,28,32). The number of sulfonamides is 1. The van der Waals surface area contributed by atoms with Gasteiger partial charge >= 0.3 is 6.09 Å². The van der Waals surface area contributed by atoms with Crippen molar-refractivity contribution in [3.8, 4) is 0 Å². The number of methoxy groups -OCH3 is 1. The Bertz CT molecular complexity index is 1530. The number of carbonyl (C=O) groups is 3. The molecule has 0 saturated carbocycles. The molecule has 0 fully saturated rings. The van der Waals surface area contributed by atoms with Crippen LogP contribution in [-0.4, -0.2) is 51.4 Å². The van der Waals surface area contributed by atoms with Crippen LogP contribution in [0.4, 0.5) is 15.5 Å². The third-order valence-electron chi connectivity index (χ3n) is 6.74. The molecule has 1 aromatic heterocycles. The first-order valence-corrected chi connectivity index (χ1v) is 14.3. The van der Waals surface area contributed by atoms with E-state index in [0.717, 1.165) is 23.3 Å². The summed E-state index contributed by atoms with van der Waals surface area (Å²) in [5.41, 5.74) is 8.45. The molecule has 3 heterocycles. The van der Waals surface area contributed by atoms with Crippen LogP contribution in [0.5, 0.6) is 0 Å². The van der Waals surface area contributed by atoms with E-state index in [4.69, 9.17) is 10.5 Å². The number of nitrogens with zero attached hydrogens (tertiary/aromatic N) is 2. The van der Waals surface area contributed by atoms with Crippen LogP contribution in [0.15, 0.2) is 53.4 Å². The van der Waals surface area contributed by atoms with Gasteiger partial charge in [0, 0.05) is 23.5 Å². The van der Waals surface area contributed by atoms with Crippen molar-refractivity contribution in [2.24, 2.45) is 5.73 Å². The molecule has 0 atom stereocenters. The van der Waals surface area contributed by atoms with Gasteiger partial charge in [0.25, 0.3) is 21.8 Å². The molecule has 0 saturated heterocycles. The Kier molecular flexibility index (Phi) is 6.84. The number of nitrogens with two attached hydrogens (primary N) is 1. The number of fused-ring (bicyclic) bond motifs is 2. The molecular formula is C26H26N4O6S2. The van der Waals surface area contributed by atoms with Crippen molar-refractivity contribution in [1.29, 1.82) is 0 Å². The highest BCUT2D eigenvalue weighted by atomic mass is 32.2. The van der Waals surface area contributed by atoms with Crippen LogP contribution < -0.4 is 15.4 Å². The predicted octanol–water partition coefficient (Wildman–Crippen LogP) is 3.37. The van der Waals surface area contributed by atoms with Gasteiger partial charge in [-0.15, -0.1) is 11.3 Å². The quantitative estimate of drug-likeness (QED) is 0.496. The van der Waals surface area contributed by atoms with Gasteiger partial charge in [0.2, 0.25) is 0 Å². The van der Waals surface area contributed by atoms with E-state index in [2.05, 4.69) is 5.32 Å². The average molecular weight is 555 g/mol. The van der Waals surface area contributed by atoms with E-state index in [1.807, 2.05) is 18.2 Å². The molecule has 12 heteroatoms. The Labute approximate surface area is 224 Å². The monoisotopic (exact) mass is 554 g/mol. The highest BCUT2D eigenvalue weighted by Gasteiger charge is 2.31. The molecule has 5 rings (SSSR count). The maximum atomic E-state index is 13.4. The summed E-state index contributed by atoms with van der Waals surface area (Å²) < 4.78 is 33.0. The van der Waals surface area contributed by atoms with Crippen molar-refractivity contribution < 1.29 is 27.5 Å². The third-order valence-corrected chi connectivity index (χ3v) is 9.69. The molecule has 2 aromatic carbocycles. The number of benzene rings is 2. The summed E-state index contributed by atoms with van der Waals surface area (Å²) in [6.45, 7) is 0.991. The van der Waals surface area contributed by atoms with Gasteiger partial charge in [-0.1, -0.05) is 18.2 Å². The van der Waals surface area contributed by atoms with E-state index in [0.29, 0.717) is 35.8 Å². The molecule has 0 unspecified atom stereocenters. The molecule has 2 aliphatic heterocycles. The zero-order chi connectivity index (χ0) is 27.0. The molecule has 3 amide bonds. The zero-order valence-corrected chi connectivity index (χ0v) is 22.2. The minimum Gasteiger partial charge on any atom is -0.453 e. The van der Waals surface area contributed by atoms with E-state index in [9.17, 15) is 22.8 Å². The molecule has 38 heavy (non-hydrogen) atoms.